The molecule has 2 bridgehead atoms. The Kier molecular flexibility index (Phi) is 7.18. The lowest BCUT2D eigenvalue weighted by Crippen LogP contribution is -2.71. The summed E-state index contributed by atoms with van der Waals surface area (Å²) in [5.74, 6) is 1.10. The highest BCUT2D eigenvalue weighted by molar-refractivity contribution is 5.48. The van der Waals surface area contributed by atoms with E-state index in [4.69, 9.17) is 4.74 Å². The molecule has 218 valence electrons. The Morgan fingerprint density at radius 3 is 2.63 bits per heavy atom. The molecule has 2 aliphatic carbocycles. The van der Waals surface area contributed by atoms with Crippen molar-refractivity contribution in [1.82, 2.24) is 19.6 Å². The van der Waals surface area contributed by atoms with Gasteiger partial charge in [-0.25, -0.2) is 0 Å². The molecule has 0 amide bonds. The van der Waals surface area contributed by atoms with Crippen LogP contribution in [0, 0.1) is 12.8 Å². The molecule has 2 N–H and O–H groups in total. The van der Waals surface area contributed by atoms with Crippen LogP contribution in [0.1, 0.15) is 54.4 Å². The van der Waals surface area contributed by atoms with Gasteiger partial charge in [-0.15, -0.1) is 0 Å². The van der Waals surface area contributed by atoms with E-state index in [9.17, 15) is 10.2 Å². The summed E-state index contributed by atoms with van der Waals surface area (Å²) >= 11 is 0. The maximum atomic E-state index is 12.9. The number of hydrogen-bond acceptors (Lipinski definition) is 6. The van der Waals surface area contributed by atoms with Crippen LogP contribution in [0.3, 0.4) is 0 Å². The molecule has 2 aromatic carbocycles. The van der Waals surface area contributed by atoms with E-state index in [1.54, 1.807) is 0 Å². The lowest BCUT2D eigenvalue weighted by molar-refractivity contribution is -0.149. The summed E-state index contributed by atoms with van der Waals surface area (Å²) in [4.78, 5) is 5.17. The Bertz CT molecular complexity index is 1360. The van der Waals surface area contributed by atoms with Gasteiger partial charge in [0.05, 0.1) is 37.6 Å². The minimum absolute atomic E-state index is 0.121. The number of aliphatic hydroxyl groups is 1. The molecule has 7 rings (SSSR count). The van der Waals surface area contributed by atoms with E-state index in [-0.39, 0.29) is 17.5 Å². The smallest absolute Gasteiger partial charge is 0.115 e. The number of phenols is 1. The summed E-state index contributed by atoms with van der Waals surface area (Å²) in [5.41, 5.74) is 3.65. The van der Waals surface area contributed by atoms with E-state index in [1.165, 1.54) is 29.5 Å². The Morgan fingerprint density at radius 1 is 1.05 bits per heavy atom. The zero-order valence-electron chi connectivity index (χ0n) is 24.3. The van der Waals surface area contributed by atoms with Gasteiger partial charge in [-0.2, -0.15) is 5.10 Å². The van der Waals surface area contributed by atoms with E-state index in [1.807, 2.05) is 29.1 Å². The van der Waals surface area contributed by atoms with Crippen molar-refractivity contribution >= 4 is 0 Å². The van der Waals surface area contributed by atoms with Crippen LogP contribution in [0.4, 0.5) is 0 Å². The average Bonchev–Trinajstić information content (AvgIpc) is 3.72. The largest absolute Gasteiger partial charge is 0.508 e. The number of fused-ring (bicyclic) bond motifs is 1. The van der Waals surface area contributed by atoms with Gasteiger partial charge in [-0.3, -0.25) is 14.5 Å². The molecule has 2 saturated heterocycles. The maximum absolute atomic E-state index is 12.9. The number of phenolic OH excluding ortho intramolecular Hbond substituents is 1. The quantitative estimate of drug-likeness (QED) is 0.410. The Labute approximate surface area is 243 Å². The fourth-order valence-electron chi connectivity index (χ4n) is 8.19. The molecule has 2 aliphatic heterocycles. The fourth-order valence-corrected chi connectivity index (χ4v) is 8.19. The van der Waals surface area contributed by atoms with Gasteiger partial charge < -0.3 is 14.9 Å². The average molecular weight is 557 g/mol. The van der Waals surface area contributed by atoms with E-state index >= 15 is 0 Å². The standard InChI is InChI=1S/C34H44N4O3/c1-25-19-35-38(20-25)22-29(24-41-23-27-5-3-2-4-6-27)36-14-11-33-12-15-37(21-26-7-8-26)32(34(33,40)13-16-36)17-28-9-10-30(39)18-31(28)33/h2-6,9-10,18-20,26,29,32,39-40H,7-8,11-17,21-24H2,1H3/t29-,32?,33?,34?/m1/s1. The van der Waals surface area contributed by atoms with Gasteiger partial charge in [-0.05, 0) is 98.8 Å². The monoisotopic (exact) mass is 556 g/mol. The van der Waals surface area contributed by atoms with Crippen molar-refractivity contribution in [2.24, 2.45) is 5.92 Å². The third-order valence-electron chi connectivity index (χ3n) is 10.6. The van der Waals surface area contributed by atoms with Crippen molar-refractivity contribution in [3.05, 3.63) is 83.2 Å². The van der Waals surface area contributed by atoms with Crippen molar-refractivity contribution in [1.29, 1.82) is 0 Å². The van der Waals surface area contributed by atoms with E-state index < -0.39 is 5.60 Å². The Balaban J connectivity index is 1.18. The second-order valence-corrected chi connectivity index (χ2v) is 13.2. The summed E-state index contributed by atoms with van der Waals surface area (Å²) in [6.07, 6.45) is 10.1. The first-order valence-corrected chi connectivity index (χ1v) is 15.6. The number of benzene rings is 2. The van der Waals surface area contributed by atoms with Gasteiger partial charge in [0, 0.05) is 30.7 Å². The van der Waals surface area contributed by atoms with Crippen LogP contribution in [0.2, 0.25) is 0 Å². The molecular weight excluding hydrogens is 512 g/mol. The predicted octanol–water partition coefficient (Wildman–Crippen LogP) is 4.29. The predicted molar refractivity (Wildman–Crippen MR) is 159 cm³/mol. The van der Waals surface area contributed by atoms with Gasteiger partial charge in [0.25, 0.3) is 0 Å². The van der Waals surface area contributed by atoms with Crippen LogP contribution >= 0.6 is 0 Å². The molecule has 3 fully saturated rings. The number of aromatic hydroxyl groups is 1. The van der Waals surface area contributed by atoms with Gasteiger partial charge in [0.2, 0.25) is 0 Å². The van der Waals surface area contributed by atoms with E-state index in [0.29, 0.717) is 19.0 Å². The van der Waals surface area contributed by atoms with Crippen LogP contribution < -0.4 is 0 Å². The van der Waals surface area contributed by atoms with Crippen molar-refractivity contribution in [3.63, 3.8) is 0 Å². The zero-order valence-corrected chi connectivity index (χ0v) is 24.3. The van der Waals surface area contributed by atoms with Crippen LogP contribution in [-0.2, 0) is 29.7 Å². The number of nitrogens with zero attached hydrogens (tertiary/aromatic N) is 4. The second-order valence-electron chi connectivity index (χ2n) is 13.2. The summed E-state index contributed by atoms with van der Waals surface area (Å²) in [5, 5.41) is 28.1. The van der Waals surface area contributed by atoms with Crippen LogP contribution in [0.5, 0.6) is 5.75 Å². The first-order chi connectivity index (χ1) is 19.9. The topological polar surface area (TPSA) is 74.0 Å². The number of piperidine rings is 1. The summed E-state index contributed by atoms with van der Waals surface area (Å²) < 4.78 is 8.38. The molecule has 7 nitrogen and oxygen atoms in total. The van der Waals surface area contributed by atoms with Crippen LogP contribution in [0.25, 0.3) is 0 Å². The highest BCUT2D eigenvalue weighted by Gasteiger charge is 2.63. The molecule has 4 aliphatic rings. The molecule has 1 aromatic heterocycles. The molecule has 3 aromatic rings. The normalized spacial score (nSPS) is 29.0. The Morgan fingerprint density at radius 2 is 1.85 bits per heavy atom. The first kappa shape index (κ1) is 27.1. The van der Waals surface area contributed by atoms with E-state index in [0.717, 1.165) is 69.9 Å². The highest BCUT2D eigenvalue weighted by atomic mass is 16.5. The van der Waals surface area contributed by atoms with Gasteiger partial charge in [0.15, 0.2) is 0 Å². The summed E-state index contributed by atoms with van der Waals surface area (Å²) in [6, 6.07) is 16.5. The number of aromatic nitrogens is 2. The summed E-state index contributed by atoms with van der Waals surface area (Å²) in [7, 11) is 0. The molecule has 4 atom stereocenters. The third kappa shape index (κ3) is 5.11. The summed E-state index contributed by atoms with van der Waals surface area (Å²) in [6.45, 7) is 7.85. The van der Waals surface area contributed by atoms with Crippen molar-refractivity contribution in [2.45, 2.75) is 81.7 Å². The first-order valence-electron chi connectivity index (χ1n) is 15.6. The van der Waals surface area contributed by atoms with Crippen LogP contribution in [-0.4, -0.2) is 80.3 Å². The molecular formula is C34H44N4O3. The fraction of sp³-hybridized carbons (Fsp3) is 0.559. The number of aryl methyl sites for hydroxylation is 1. The van der Waals surface area contributed by atoms with Crippen molar-refractivity contribution in [2.75, 3.05) is 32.8 Å². The molecule has 41 heavy (non-hydrogen) atoms. The van der Waals surface area contributed by atoms with Gasteiger partial charge in [0.1, 0.15) is 5.75 Å². The molecule has 0 spiro atoms. The van der Waals surface area contributed by atoms with Crippen molar-refractivity contribution in [3.8, 4) is 5.75 Å². The third-order valence-corrected chi connectivity index (χ3v) is 10.6. The minimum Gasteiger partial charge on any atom is -0.508 e. The Hall–Kier alpha value is -2.71. The molecule has 7 heteroatoms. The van der Waals surface area contributed by atoms with Crippen LogP contribution in [0.15, 0.2) is 60.9 Å². The maximum Gasteiger partial charge on any atom is 0.115 e. The molecule has 3 unspecified atom stereocenters. The molecule has 1 saturated carbocycles. The SMILES string of the molecule is Cc1cnn(C[C@H](COCc2ccccc2)N2CCC34CCN(CC5CC5)C(Cc5ccc(O)cc53)C4(O)CC2)c1. The molecule has 0 radical (unpaired) electrons. The number of rotatable bonds is 9. The number of ether oxygens (including phenoxy) is 1. The minimum atomic E-state index is -0.826. The number of likely N-dealkylation sites (tertiary alicyclic amines) is 2. The highest BCUT2D eigenvalue weighted by Crippen LogP contribution is 2.56. The van der Waals surface area contributed by atoms with Gasteiger partial charge in [-0.1, -0.05) is 36.4 Å². The van der Waals surface area contributed by atoms with Gasteiger partial charge >= 0.3 is 0 Å². The number of hydrogen-bond donors (Lipinski definition) is 2. The molecule has 3 heterocycles. The van der Waals surface area contributed by atoms with E-state index in [2.05, 4.69) is 58.4 Å². The van der Waals surface area contributed by atoms with Crippen molar-refractivity contribution < 1.29 is 14.9 Å². The zero-order chi connectivity index (χ0) is 28.0. The lowest BCUT2D eigenvalue weighted by atomic mass is 9.52. The lowest BCUT2D eigenvalue weighted by Gasteiger charge is -2.61. The second kappa shape index (κ2) is 10.8.